The maximum Gasteiger partial charge on any atom is 1.00 e. The molecule has 0 aliphatic carbocycles. The topological polar surface area (TPSA) is 23.1 Å². The molecule has 0 aromatic heterocycles. The minimum absolute atomic E-state index is 0. The molecular formula is C2H5ClLi2O. The maximum absolute atomic E-state index is 8.93. The Balaban J connectivity index is -0.00000000667. The van der Waals surface area contributed by atoms with Crippen molar-refractivity contribution in [3.05, 3.63) is 0 Å². The Morgan fingerprint density at radius 1 is 1.33 bits per heavy atom. The number of hydrogen-bond acceptors (Lipinski definition) is 1. The Morgan fingerprint density at radius 2 is 1.33 bits per heavy atom. The van der Waals surface area contributed by atoms with Gasteiger partial charge in [0.15, 0.2) is 0 Å². The first kappa shape index (κ1) is 26.1. The van der Waals surface area contributed by atoms with Crippen molar-refractivity contribution in [2.45, 2.75) is 6.92 Å². The molecule has 0 heterocycles. The van der Waals surface area contributed by atoms with E-state index in [2.05, 4.69) is 0 Å². The molecular weight excluding hydrogens is 89.4 g/mol. The Bertz CT molecular complexity index is 11.5. The molecule has 28 valence electrons. The summed E-state index contributed by atoms with van der Waals surface area (Å²) in [5, 5.41) is 8.93. The standard InChI is InChI=1S/C2H5O.ClH.2Li/c1-2-3;;;/h2H2,1H3;1H;;/q-1;;2*+1/p-1. The molecule has 0 aromatic rings. The third kappa shape index (κ3) is 51.5. The Morgan fingerprint density at radius 3 is 1.33 bits per heavy atom. The molecule has 0 bridgehead atoms. The van der Waals surface area contributed by atoms with Crippen LogP contribution in [0, 0.1) is 0 Å². The molecule has 0 radical (unpaired) electrons. The van der Waals surface area contributed by atoms with Crippen LogP contribution in [0.4, 0.5) is 0 Å². The maximum atomic E-state index is 8.93. The van der Waals surface area contributed by atoms with Gasteiger partial charge < -0.3 is 17.5 Å². The first-order chi connectivity index (χ1) is 1.41. The molecule has 6 heavy (non-hydrogen) atoms. The van der Waals surface area contributed by atoms with Crippen molar-refractivity contribution in [2.75, 3.05) is 6.61 Å². The van der Waals surface area contributed by atoms with Crippen molar-refractivity contribution in [1.29, 1.82) is 0 Å². The van der Waals surface area contributed by atoms with Crippen molar-refractivity contribution in [2.24, 2.45) is 0 Å². The first-order valence-electron chi connectivity index (χ1n) is 0.996. The summed E-state index contributed by atoms with van der Waals surface area (Å²) in [6.07, 6.45) is 0. The average molecular weight is 94.4 g/mol. The summed E-state index contributed by atoms with van der Waals surface area (Å²) in [5.74, 6) is 0. The van der Waals surface area contributed by atoms with Crippen LogP contribution in [-0.2, 0) is 0 Å². The molecule has 0 aliphatic heterocycles. The Labute approximate surface area is 68.6 Å². The van der Waals surface area contributed by atoms with Crippen LogP contribution in [0.2, 0.25) is 0 Å². The van der Waals surface area contributed by atoms with Gasteiger partial charge in [0, 0.05) is 0 Å². The van der Waals surface area contributed by atoms with Gasteiger partial charge in [-0.1, -0.05) is 6.92 Å². The van der Waals surface area contributed by atoms with Gasteiger partial charge in [-0.3, -0.25) is 0 Å². The molecule has 0 aliphatic rings. The predicted molar refractivity (Wildman–Crippen MR) is 10.5 cm³/mol. The molecule has 0 saturated carbocycles. The van der Waals surface area contributed by atoms with Crippen molar-refractivity contribution in [3.8, 4) is 0 Å². The van der Waals surface area contributed by atoms with Crippen molar-refractivity contribution in [1.82, 2.24) is 0 Å². The molecule has 0 amide bonds. The van der Waals surface area contributed by atoms with E-state index in [1.807, 2.05) is 0 Å². The van der Waals surface area contributed by atoms with Crippen LogP contribution in [0.1, 0.15) is 6.92 Å². The van der Waals surface area contributed by atoms with Gasteiger partial charge in [0.1, 0.15) is 0 Å². The summed E-state index contributed by atoms with van der Waals surface area (Å²) in [6, 6.07) is 0. The summed E-state index contributed by atoms with van der Waals surface area (Å²) in [5.41, 5.74) is 0. The summed E-state index contributed by atoms with van der Waals surface area (Å²) in [7, 11) is 0. The van der Waals surface area contributed by atoms with Crippen LogP contribution in [0.25, 0.3) is 0 Å². The molecule has 4 heteroatoms. The average Bonchev–Trinajstić information content (AvgIpc) is 0.918. The van der Waals surface area contributed by atoms with Crippen LogP contribution >= 0.6 is 0 Å². The zero-order valence-corrected chi connectivity index (χ0v) is 5.25. The smallest absolute Gasteiger partial charge is 1.00 e. The first-order valence-corrected chi connectivity index (χ1v) is 0.996. The van der Waals surface area contributed by atoms with E-state index >= 15 is 0 Å². The Hall–Kier alpha value is 1.44. The molecule has 0 fully saturated rings. The van der Waals surface area contributed by atoms with Crippen LogP contribution in [0.3, 0.4) is 0 Å². The van der Waals surface area contributed by atoms with Crippen molar-refractivity contribution in [3.63, 3.8) is 0 Å². The van der Waals surface area contributed by atoms with Gasteiger partial charge in [0.05, 0.1) is 0 Å². The molecule has 1 nitrogen and oxygen atoms in total. The van der Waals surface area contributed by atoms with Crippen LogP contribution in [0.5, 0.6) is 0 Å². The van der Waals surface area contributed by atoms with Crippen molar-refractivity contribution < 1.29 is 55.2 Å². The molecule has 0 unspecified atom stereocenters. The molecule has 0 saturated heterocycles. The zero-order valence-electron chi connectivity index (χ0n) is 4.49. The molecule has 0 rings (SSSR count). The van der Waals surface area contributed by atoms with E-state index in [-0.39, 0.29) is 56.7 Å². The van der Waals surface area contributed by atoms with E-state index in [4.69, 9.17) is 5.11 Å². The monoisotopic (exact) mass is 94.0 g/mol. The molecule has 0 atom stereocenters. The molecule has 0 aromatic carbocycles. The van der Waals surface area contributed by atoms with Crippen LogP contribution in [-0.4, -0.2) is 6.61 Å². The number of hydrogen-bond donors (Lipinski definition) is 0. The Kier molecular flexibility index (Phi) is 139. The van der Waals surface area contributed by atoms with Gasteiger partial charge in [-0.05, 0) is 0 Å². The van der Waals surface area contributed by atoms with Gasteiger partial charge in [-0.2, -0.15) is 0 Å². The second kappa shape index (κ2) is 32.0. The summed E-state index contributed by atoms with van der Waals surface area (Å²) in [6.45, 7) is 1.57. The van der Waals surface area contributed by atoms with Gasteiger partial charge in [-0.25, -0.2) is 0 Å². The van der Waals surface area contributed by atoms with Gasteiger partial charge in [0.25, 0.3) is 0 Å². The number of halogens is 1. The van der Waals surface area contributed by atoms with Gasteiger partial charge in [0.2, 0.25) is 0 Å². The second-order valence-electron chi connectivity index (χ2n) is 0.289. The fourth-order valence-electron chi connectivity index (χ4n) is 0. The van der Waals surface area contributed by atoms with Crippen LogP contribution < -0.4 is 55.2 Å². The second-order valence-corrected chi connectivity index (χ2v) is 0.289. The van der Waals surface area contributed by atoms with E-state index in [0.717, 1.165) is 0 Å². The summed E-state index contributed by atoms with van der Waals surface area (Å²) < 4.78 is 0. The minimum atomic E-state index is 0. The number of rotatable bonds is 0. The summed E-state index contributed by atoms with van der Waals surface area (Å²) >= 11 is 0. The third-order valence-corrected chi connectivity index (χ3v) is 0. The quantitative estimate of drug-likeness (QED) is 0.274. The SMILES string of the molecule is CC[O-].[Cl-].[Li+].[Li+]. The third-order valence-electron chi connectivity index (χ3n) is 0. The predicted octanol–water partition coefficient (Wildman–Crippen LogP) is -9.62. The minimum Gasteiger partial charge on any atom is -1.00 e. The zero-order chi connectivity index (χ0) is 2.71. The summed E-state index contributed by atoms with van der Waals surface area (Å²) in [4.78, 5) is 0. The van der Waals surface area contributed by atoms with E-state index in [0.29, 0.717) is 0 Å². The normalized spacial score (nSPS) is 3.00. The molecule has 0 spiro atoms. The van der Waals surface area contributed by atoms with E-state index in [9.17, 15) is 0 Å². The molecule has 0 N–H and O–H groups in total. The van der Waals surface area contributed by atoms with E-state index in [1.165, 1.54) is 0 Å². The van der Waals surface area contributed by atoms with E-state index in [1.54, 1.807) is 6.92 Å². The largest absolute Gasteiger partial charge is 1.00 e. The fraction of sp³-hybridized carbons (Fsp3) is 1.00. The van der Waals surface area contributed by atoms with E-state index < -0.39 is 0 Å². The fourth-order valence-corrected chi connectivity index (χ4v) is 0. The van der Waals surface area contributed by atoms with Crippen LogP contribution in [0.15, 0.2) is 0 Å². The van der Waals surface area contributed by atoms with Gasteiger partial charge in [-0.15, -0.1) is 6.61 Å². The van der Waals surface area contributed by atoms with Crippen molar-refractivity contribution >= 4 is 0 Å². The van der Waals surface area contributed by atoms with Gasteiger partial charge >= 0.3 is 37.7 Å².